The Morgan fingerprint density at radius 3 is 2.50 bits per heavy atom. The number of piperidine rings is 1. The van der Waals surface area contributed by atoms with E-state index in [0.29, 0.717) is 13.1 Å². The Labute approximate surface area is 156 Å². The second kappa shape index (κ2) is 10.9. The first-order chi connectivity index (χ1) is 12.6. The fourth-order valence-corrected chi connectivity index (χ4v) is 3.32. The Morgan fingerprint density at radius 2 is 1.85 bits per heavy atom. The molecule has 1 aliphatic heterocycles. The van der Waals surface area contributed by atoms with Crippen LogP contribution in [-0.2, 0) is 16.0 Å². The summed E-state index contributed by atoms with van der Waals surface area (Å²) in [7, 11) is 0. The second-order valence-electron chi connectivity index (χ2n) is 6.98. The third kappa shape index (κ3) is 6.77. The SMILES string of the molecule is CC(NC(=O)CN(CCN)CCc1ccccc1)C(=O)N1CCCCC1. The van der Waals surface area contributed by atoms with E-state index in [-0.39, 0.29) is 18.4 Å². The van der Waals surface area contributed by atoms with Crippen molar-refractivity contribution >= 4 is 11.8 Å². The molecule has 0 spiro atoms. The molecule has 1 aromatic rings. The molecule has 1 aromatic carbocycles. The summed E-state index contributed by atoms with van der Waals surface area (Å²) in [6.07, 6.45) is 4.16. The van der Waals surface area contributed by atoms with Crippen molar-refractivity contribution in [3.05, 3.63) is 35.9 Å². The summed E-state index contributed by atoms with van der Waals surface area (Å²) >= 11 is 0. The van der Waals surface area contributed by atoms with E-state index in [1.165, 1.54) is 12.0 Å². The van der Waals surface area contributed by atoms with Crippen LogP contribution < -0.4 is 11.1 Å². The molecule has 1 unspecified atom stereocenters. The van der Waals surface area contributed by atoms with Crippen molar-refractivity contribution < 1.29 is 9.59 Å². The predicted octanol–water partition coefficient (Wildman–Crippen LogP) is 1.01. The summed E-state index contributed by atoms with van der Waals surface area (Å²) in [6, 6.07) is 9.72. The number of nitrogens with one attached hydrogen (secondary N) is 1. The maximum Gasteiger partial charge on any atom is 0.244 e. The molecule has 2 amide bonds. The zero-order valence-electron chi connectivity index (χ0n) is 15.8. The average molecular weight is 361 g/mol. The Hall–Kier alpha value is -1.92. The van der Waals surface area contributed by atoms with Crippen LogP contribution in [-0.4, -0.2) is 66.9 Å². The average Bonchev–Trinajstić information content (AvgIpc) is 2.67. The van der Waals surface area contributed by atoms with Crippen LogP contribution >= 0.6 is 0 Å². The number of benzene rings is 1. The third-order valence-corrected chi connectivity index (χ3v) is 4.79. The normalized spacial score (nSPS) is 15.7. The highest BCUT2D eigenvalue weighted by Gasteiger charge is 2.23. The van der Waals surface area contributed by atoms with Gasteiger partial charge in [-0.15, -0.1) is 0 Å². The Bertz CT molecular complexity index is 558. The zero-order chi connectivity index (χ0) is 18.8. The fraction of sp³-hybridized carbons (Fsp3) is 0.600. The molecule has 1 saturated heterocycles. The minimum absolute atomic E-state index is 0.0210. The predicted molar refractivity (Wildman–Crippen MR) is 104 cm³/mol. The highest BCUT2D eigenvalue weighted by molar-refractivity contribution is 5.88. The van der Waals surface area contributed by atoms with Crippen LogP contribution in [0.2, 0.25) is 0 Å². The molecule has 144 valence electrons. The number of hydrogen-bond acceptors (Lipinski definition) is 4. The Kier molecular flexibility index (Phi) is 8.58. The summed E-state index contributed by atoms with van der Waals surface area (Å²) in [5.74, 6) is -0.0999. The number of nitrogens with two attached hydrogens (primary N) is 1. The van der Waals surface area contributed by atoms with E-state index in [4.69, 9.17) is 5.73 Å². The van der Waals surface area contributed by atoms with E-state index >= 15 is 0 Å². The largest absolute Gasteiger partial charge is 0.343 e. The van der Waals surface area contributed by atoms with Gasteiger partial charge >= 0.3 is 0 Å². The Morgan fingerprint density at radius 1 is 1.15 bits per heavy atom. The second-order valence-corrected chi connectivity index (χ2v) is 6.98. The maximum atomic E-state index is 12.4. The fourth-order valence-electron chi connectivity index (χ4n) is 3.32. The zero-order valence-corrected chi connectivity index (χ0v) is 15.8. The Balaban J connectivity index is 1.79. The highest BCUT2D eigenvalue weighted by Crippen LogP contribution is 2.10. The van der Waals surface area contributed by atoms with Crippen molar-refractivity contribution in [3.8, 4) is 0 Å². The van der Waals surface area contributed by atoms with Gasteiger partial charge in [0.1, 0.15) is 6.04 Å². The molecule has 3 N–H and O–H groups in total. The van der Waals surface area contributed by atoms with Gasteiger partial charge in [-0.05, 0) is 38.2 Å². The number of rotatable bonds is 9. The van der Waals surface area contributed by atoms with Gasteiger partial charge in [-0.2, -0.15) is 0 Å². The number of hydrogen-bond donors (Lipinski definition) is 2. The number of carbonyl (C=O) groups excluding carboxylic acids is 2. The number of amides is 2. The first-order valence-electron chi connectivity index (χ1n) is 9.64. The maximum absolute atomic E-state index is 12.4. The minimum Gasteiger partial charge on any atom is -0.343 e. The molecule has 26 heavy (non-hydrogen) atoms. The van der Waals surface area contributed by atoms with Crippen molar-refractivity contribution in [3.63, 3.8) is 0 Å². The van der Waals surface area contributed by atoms with Crippen molar-refractivity contribution in [1.29, 1.82) is 0 Å². The van der Waals surface area contributed by atoms with Crippen LogP contribution in [0.3, 0.4) is 0 Å². The molecule has 0 radical (unpaired) electrons. The van der Waals surface area contributed by atoms with Gasteiger partial charge in [0.25, 0.3) is 0 Å². The third-order valence-electron chi connectivity index (χ3n) is 4.79. The smallest absolute Gasteiger partial charge is 0.244 e. The standard InChI is InChI=1S/C20H32N4O2/c1-17(20(26)24-12-6-3-7-13-24)22-19(25)16-23(15-11-21)14-10-18-8-4-2-5-9-18/h2,4-5,8-9,17H,3,6-7,10-16,21H2,1H3,(H,22,25). The van der Waals surface area contributed by atoms with Crippen LogP contribution in [0, 0.1) is 0 Å². The molecule has 2 rings (SSSR count). The first kappa shape index (κ1) is 20.4. The summed E-state index contributed by atoms with van der Waals surface area (Å²) in [6.45, 7) is 5.57. The molecule has 0 aliphatic carbocycles. The van der Waals surface area contributed by atoms with Gasteiger partial charge in [-0.3, -0.25) is 14.5 Å². The van der Waals surface area contributed by atoms with Gasteiger partial charge in [-0.1, -0.05) is 30.3 Å². The van der Waals surface area contributed by atoms with Crippen molar-refractivity contribution in [2.45, 2.75) is 38.6 Å². The van der Waals surface area contributed by atoms with Gasteiger partial charge in [-0.25, -0.2) is 0 Å². The van der Waals surface area contributed by atoms with E-state index in [1.807, 2.05) is 28.0 Å². The van der Waals surface area contributed by atoms with Gasteiger partial charge in [0.2, 0.25) is 11.8 Å². The summed E-state index contributed by atoms with van der Waals surface area (Å²) in [5.41, 5.74) is 6.93. The van der Waals surface area contributed by atoms with E-state index in [2.05, 4.69) is 17.4 Å². The molecule has 6 heteroatoms. The number of likely N-dealkylation sites (tertiary alicyclic amines) is 1. The lowest BCUT2D eigenvalue weighted by atomic mass is 10.1. The van der Waals surface area contributed by atoms with Gasteiger partial charge in [0, 0.05) is 32.7 Å². The van der Waals surface area contributed by atoms with Gasteiger partial charge < -0.3 is 16.0 Å². The van der Waals surface area contributed by atoms with Gasteiger partial charge in [0.15, 0.2) is 0 Å². The minimum atomic E-state index is -0.477. The van der Waals surface area contributed by atoms with Crippen LogP contribution in [0.4, 0.5) is 0 Å². The lowest BCUT2D eigenvalue weighted by Gasteiger charge is -2.30. The van der Waals surface area contributed by atoms with Crippen LogP contribution in [0.1, 0.15) is 31.7 Å². The monoisotopic (exact) mass is 360 g/mol. The highest BCUT2D eigenvalue weighted by atomic mass is 16.2. The lowest BCUT2D eigenvalue weighted by Crippen LogP contribution is -2.50. The molecule has 0 bridgehead atoms. The van der Waals surface area contributed by atoms with E-state index < -0.39 is 6.04 Å². The van der Waals surface area contributed by atoms with Crippen LogP contribution in [0.15, 0.2) is 30.3 Å². The topological polar surface area (TPSA) is 78.7 Å². The molecule has 0 saturated carbocycles. The molecule has 6 nitrogen and oxygen atoms in total. The first-order valence-corrected chi connectivity index (χ1v) is 9.64. The van der Waals surface area contributed by atoms with Crippen LogP contribution in [0.5, 0.6) is 0 Å². The van der Waals surface area contributed by atoms with E-state index in [0.717, 1.165) is 38.9 Å². The van der Waals surface area contributed by atoms with Crippen molar-refractivity contribution in [1.82, 2.24) is 15.1 Å². The van der Waals surface area contributed by atoms with E-state index in [1.54, 1.807) is 6.92 Å². The number of nitrogens with zero attached hydrogens (tertiary/aromatic N) is 2. The summed E-state index contributed by atoms with van der Waals surface area (Å²) < 4.78 is 0. The molecule has 1 fully saturated rings. The molecule has 1 atom stereocenters. The molecular weight excluding hydrogens is 328 g/mol. The van der Waals surface area contributed by atoms with E-state index in [9.17, 15) is 9.59 Å². The summed E-state index contributed by atoms with van der Waals surface area (Å²) in [5, 5.41) is 2.85. The molecule has 1 aliphatic rings. The molecule has 0 aromatic heterocycles. The summed E-state index contributed by atoms with van der Waals surface area (Å²) in [4.78, 5) is 28.7. The molecular formula is C20H32N4O2. The lowest BCUT2D eigenvalue weighted by molar-refractivity contribution is -0.137. The quantitative estimate of drug-likeness (QED) is 0.689. The molecule has 1 heterocycles. The van der Waals surface area contributed by atoms with Crippen molar-refractivity contribution in [2.24, 2.45) is 5.73 Å². The number of carbonyl (C=O) groups is 2. The van der Waals surface area contributed by atoms with Crippen molar-refractivity contribution in [2.75, 3.05) is 39.3 Å². The van der Waals surface area contributed by atoms with Gasteiger partial charge in [0.05, 0.1) is 6.54 Å². The van der Waals surface area contributed by atoms with Crippen LogP contribution in [0.25, 0.3) is 0 Å².